The average Bonchev–Trinajstić information content (AvgIpc) is 2.54. The highest BCUT2D eigenvalue weighted by Gasteiger charge is 2.08. The van der Waals surface area contributed by atoms with Crippen molar-refractivity contribution < 1.29 is 4.79 Å². The van der Waals surface area contributed by atoms with Crippen molar-refractivity contribution in [2.45, 2.75) is 32.9 Å². The first kappa shape index (κ1) is 14.9. The van der Waals surface area contributed by atoms with Crippen LogP contribution in [0.5, 0.6) is 0 Å². The lowest BCUT2D eigenvalue weighted by atomic mass is 10.2. The second-order valence-corrected chi connectivity index (χ2v) is 4.80. The maximum atomic E-state index is 12.0. The van der Waals surface area contributed by atoms with E-state index in [9.17, 15) is 4.79 Å². The fourth-order valence-electron chi connectivity index (χ4n) is 1.66. The molecular weight excluding hydrogens is 266 g/mol. The van der Waals surface area contributed by atoms with Crippen LogP contribution in [-0.4, -0.2) is 27.1 Å². The van der Waals surface area contributed by atoms with Gasteiger partial charge in [0.25, 0.3) is 5.91 Å². The fraction of sp³-hybridized carbons (Fsp3) is 0.333. The Balaban J connectivity index is 1.90. The van der Waals surface area contributed by atoms with Crippen molar-refractivity contribution in [3.63, 3.8) is 0 Å². The van der Waals surface area contributed by atoms with Gasteiger partial charge in [0.1, 0.15) is 5.82 Å². The number of hydrogen-bond donors (Lipinski definition) is 2. The molecule has 0 radical (unpaired) electrons. The minimum atomic E-state index is -0.249. The minimum absolute atomic E-state index is 0.249. The maximum absolute atomic E-state index is 12.0. The number of nitrogens with zero attached hydrogens (tertiary/aromatic N) is 3. The van der Waals surface area contributed by atoms with Crippen molar-refractivity contribution in [3.8, 4) is 0 Å². The van der Waals surface area contributed by atoms with Crippen molar-refractivity contribution in [2.24, 2.45) is 0 Å². The average molecular weight is 285 g/mol. The van der Waals surface area contributed by atoms with Crippen molar-refractivity contribution >= 4 is 11.7 Å². The topological polar surface area (TPSA) is 79.8 Å². The molecule has 0 saturated carbocycles. The van der Waals surface area contributed by atoms with E-state index in [0.29, 0.717) is 24.1 Å². The summed E-state index contributed by atoms with van der Waals surface area (Å²) in [4.78, 5) is 15.9. The van der Waals surface area contributed by atoms with Crippen molar-refractivity contribution in [3.05, 3.63) is 47.9 Å². The number of carbonyl (C=O) groups excluding carboxylic acids is 1. The summed E-state index contributed by atoms with van der Waals surface area (Å²) in [5, 5.41) is 13.9. The molecule has 1 atom stereocenters. The van der Waals surface area contributed by atoms with Crippen LogP contribution in [0.1, 0.15) is 36.3 Å². The molecule has 2 N–H and O–H groups in total. The van der Waals surface area contributed by atoms with E-state index in [4.69, 9.17) is 0 Å². The van der Waals surface area contributed by atoms with Crippen LogP contribution in [0.25, 0.3) is 0 Å². The summed E-state index contributed by atoms with van der Waals surface area (Å²) in [6.45, 7) is 4.57. The van der Waals surface area contributed by atoms with E-state index in [0.717, 1.165) is 12.0 Å². The molecule has 2 heterocycles. The Morgan fingerprint density at radius 3 is 2.76 bits per heavy atom. The molecule has 0 aliphatic heterocycles. The van der Waals surface area contributed by atoms with Gasteiger partial charge in [-0.15, -0.1) is 10.2 Å². The van der Waals surface area contributed by atoms with E-state index in [1.54, 1.807) is 24.5 Å². The molecule has 0 fully saturated rings. The van der Waals surface area contributed by atoms with Crippen LogP contribution in [0.15, 0.2) is 36.7 Å². The Hall–Kier alpha value is -2.50. The van der Waals surface area contributed by atoms with Gasteiger partial charge in [-0.05, 0) is 37.1 Å². The molecule has 0 aromatic carbocycles. The Morgan fingerprint density at radius 2 is 2.14 bits per heavy atom. The summed E-state index contributed by atoms with van der Waals surface area (Å²) in [6.07, 6.45) is 4.40. The van der Waals surface area contributed by atoms with Crippen LogP contribution in [0, 0.1) is 0 Å². The third-order valence-corrected chi connectivity index (χ3v) is 3.08. The molecule has 6 nitrogen and oxygen atoms in total. The minimum Gasteiger partial charge on any atom is -0.366 e. The number of hydrogen-bond acceptors (Lipinski definition) is 5. The van der Waals surface area contributed by atoms with E-state index in [-0.39, 0.29) is 5.91 Å². The molecule has 110 valence electrons. The Morgan fingerprint density at radius 1 is 1.29 bits per heavy atom. The molecule has 21 heavy (non-hydrogen) atoms. The van der Waals surface area contributed by atoms with Crippen LogP contribution in [0.4, 0.5) is 5.82 Å². The summed E-state index contributed by atoms with van der Waals surface area (Å²) >= 11 is 0. The SMILES string of the molecule is CCC(C)Nc1ccc(C(=O)NCc2cccnc2)nn1. The quantitative estimate of drug-likeness (QED) is 0.848. The molecule has 6 heteroatoms. The Bertz CT molecular complexity index is 570. The first-order valence-corrected chi connectivity index (χ1v) is 6.96. The van der Waals surface area contributed by atoms with Gasteiger partial charge in [-0.1, -0.05) is 13.0 Å². The normalized spacial score (nSPS) is 11.7. The van der Waals surface area contributed by atoms with Crippen LogP contribution in [-0.2, 0) is 6.54 Å². The number of aromatic nitrogens is 3. The number of carbonyl (C=O) groups is 1. The molecule has 0 saturated heterocycles. The van der Waals surface area contributed by atoms with Gasteiger partial charge in [0, 0.05) is 25.0 Å². The lowest BCUT2D eigenvalue weighted by Crippen LogP contribution is -2.24. The lowest BCUT2D eigenvalue weighted by Gasteiger charge is -2.11. The highest BCUT2D eigenvalue weighted by molar-refractivity contribution is 5.92. The smallest absolute Gasteiger partial charge is 0.272 e. The maximum Gasteiger partial charge on any atom is 0.272 e. The van der Waals surface area contributed by atoms with Gasteiger partial charge in [-0.25, -0.2) is 0 Å². The zero-order valence-corrected chi connectivity index (χ0v) is 12.2. The van der Waals surface area contributed by atoms with Crippen LogP contribution >= 0.6 is 0 Å². The summed E-state index contributed by atoms with van der Waals surface area (Å²) in [5.74, 6) is 0.426. The van der Waals surface area contributed by atoms with Gasteiger partial charge in [0.05, 0.1) is 0 Å². The number of rotatable bonds is 6. The number of nitrogens with one attached hydrogen (secondary N) is 2. The number of anilines is 1. The molecule has 1 unspecified atom stereocenters. The molecular formula is C15H19N5O. The highest BCUT2D eigenvalue weighted by Crippen LogP contribution is 2.05. The monoisotopic (exact) mass is 285 g/mol. The van der Waals surface area contributed by atoms with Gasteiger partial charge < -0.3 is 10.6 Å². The van der Waals surface area contributed by atoms with Gasteiger partial charge in [0.2, 0.25) is 0 Å². The summed E-state index contributed by atoms with van der Waals surface area (Å²) in [7, 11) is 0. The van der Waals surface area contributed by atoms with Gasteiger partial charge >= 0.3 is 0 Å². The largest absolute Gasteiger partial charge is 0.366 e. The lowest BCUT2D eigenvalue weighted by molar-refractivity contribution is 0.0945. The molecule has 0 aliphatic rings. The predicted octanol–water partition coefficient (Wildman–Crippen LogP) is 2.01. The second-order valence-electron chi connectivity index (χ2n) is 4.80. The molecule has 0 spiro atoms. The van der Waals surface area contributed by atoms with E-state index in [1.165, 1.54) is 0 Å². The zero-order chi connectivity index (χ0) is 15.1. The molecule has 1 amide bonds. The van der Waals surface area contributed by atoms with E-state index < -0.39 is 0 Å². The fourth-order valence-corrected chi connectivity index (χ4v) is 1.66. The number of pyridine rings is 1. The van der Waals surface area contributed by atoms with Crippen LogP contribution in [0.3, 0.4) is 0 Å². The summed E-state index contributed by atoms with van der Waals surface area (Å²) in [6, 6.07) is 7.48. The predicted molar refractivity (Wildman–Crippen MR) is 80.8 cm³/mol. The third-order valence-electron chi connectivity index (χ3n) is 3.08. The van der Waals surface area contributed by atoms with E-state index in [2.05, 4.69) is 39.7 Å². The third kappa shape index (κ3) is 4.52. The summed E-state index contributed by atoms with van der Waals surface area (Å²) in [5.41, 5.74) is 1.24. The van der Waals surface area contributed by atoms with Crippen molar-refractivity contribution in [2.75, 3.05) is 5.32 Å². The van der Waals surface area contributed by atoms with Crippen LogP contribution < -0.4 is 10.6 Å². The molecule has 2 aromatic heterocycles. The Kier molecular flexibility index (Phi) is 5.20. The molecule has 0 aliphatic carbocycles. The second kappa shape index (κ2) is 7.33. The van der Waals surface area contributed by atoms with Gasteiger partial charge in [0.15, 0.2) is 5.69 Å². The first-order chi connectivity index (χ1) is 10.2. The molecule has 2 rings (SSSR count). The Labute approximate surface area is 124 Å². The van der Waals surface area contributed by atoms with E-state index in [1.807, 2.05) is 12.1 Å². The first-order valence-electron chi connectivity index (χ1n) is 6.96. The zero-order valence-electron chi connectivity index (χ0n) is 12.2. The van der Waals surface area contributed by atoms with Gasteiger partial charge in [-0.3, -0.25) is 9.78 Å². The molecule has 2 aromatic rings. The molecule has 0 bridgehead atoms. The standard InChI is InChI=1S/C15H19N5O/c1-3-11(2)18-14-7-6-13(19-20-14)15(21)17-10-12-5-4-8-16-9-12/h4-9,11H,3,10H2,1-2H3,(H,17,21)(H,18,20). The van der Waals surface area contributed by atoms with Crippen molar-refractivity contribution in [1.82, 2.24) is 20.5 Å². The van der Waals surface area contributed by atoms with Gasteiger partial charge in [-0.2, -0.15) is 0 Å². The highest BCUT2D eigenvalue weighted by atomic mass is 16.1. The number of amides is 1. The summed E-state index contributed by atoms with van der Waals surface area (Å²) < 4.78 is 0. The van der Waals surface area contributed by atoms with E-state index >= 15 is 0 Å². The van der Waals surface area contributed by atoms with Crippen LogP contribution in [0.2, 0.25) is 0 Å². The van der Waals surface area contributed by atoms with Crippen molar-refractivity contribution in [1.29, 1.82) is 0 Å².